The summed E-state index contributed by atoms with van der Waals surface area (Å²) < 4.78 is 40.4. The SMILES string of the molecule is O=C(Nc1ccc(Cl)cc1C(=O)c1ccccc1Cl)c1ccc(NS(=O)(=O)c2ccc(F)cc2)cc1. The molecule has 0 fully saturated rings. The molecule has 0 heterocycles. The maximum absolute atomic E-state index is 13.1. The summed E-state index contributed by atoms with van der Waals surface area (Å²) in [6.45, 7) is 0. The summed E-state index contributed by atoms with van der Waals surface area (Å²) >= 11 is 12.3. The number of carbonyl (C=O) groups is 2. The van der Waals surface area contributed by atoms with Crippen molar-refractivity contribution in [3.8, 4) is 0 Å². The molecule has 2 N–H and O–H groups in total. The Labute approximate surface area is 216 Å². The highest BCUT2D eigenvalue weighted by atomic mass is 35.5. The largest absolute Gasteiger partial charge is 0.321 e. The third-order valence-electron chi connectivity index (χ3n) is 5.12. The van der Waals surface area contributed by atoms with Gasteiger partial charge in [-0.2, -0.15) is 0 Å². The van der Waals surface area contributed by atoms with Gasteiger partial charge in [0.2, 0.25) is 0 Å². The van der Waals surface area contributed by atoms with Gasteiger partial charge in [-0.15, -0.1) is 0 Å². The Morgan fingerprint density at radius 1 is 0.778 bits per heavy atom. The van der Waals surface area contributed by atoms with E-state index in [2.05, 4.69) is 10.0 Å². The lowest BCUT2D eigenvalue weighted by atomic mass is 10.0. The van der Waals surface area contributed by atoms with Crippen LogP contribution in [0.25, 0.3) is 0 Å². The molecule has 6 nitrogen and oxygen atoms in total. The van der Waals surface area contributed by atoms with Gasteiger partial charge < -0.3 is 5.32 Å². The predicted octanol–water partition coefficient (Wildman–Crippen LogP) is 6.42. The van der Waals surface area contributed by atoms with E-state index in [-0.39, 0.29) is 38.0 Å². The highest BCUT2D eigenvalue weighted by Crippen LogP contribution is 2.27. The third kappa shape index (κ3) is 5.73. The summed E-state index contributed by atoms with van der Waals surface area (Å²) in [6, 6.07) is 21.1. The average Bonchev–Trinajstić information content (AvgIpc) is 2.85. The van der Waals surface area contributed by atoms with E-state index in [1.807, 2.05) is 0 Å². The van der Waals surface area contributed by atoms with Crippen LogP contribution in [0.3, 0.4) is 0 Å². The Morgan fingerprint density at radius 2 is 1.44 bits per heavy atom. The summed E-state index contributed by atoms with van der Waals surface area (Å²) in [5, 5.41) is 3.26. The van der Waals surface area contributed by atoms with Crippen LogP contribution in [0.2, 0.25) is 10.0 Å². The molecule has 4 aromatic rings. The Hall–Kier alpha value is -3.72. The van der Waals surface area contributed by atoms with Crippen molar-refractivity contribution in [2.75, 3.05) is 10.0 Å². The first kappa shape index (κ1) is 25.4. The number of anilines is 2. The van der Waals surface area contributed by atoms with Crippen molar-refractivity contribution in [1.82, 2.24) is 0 Å². The highest BCUT2D eigenvalue weighted by molar-refractivity contribution is 7.92. The van der Waals surface area contributed by atoms with E-state index in [0.29, 0.717) is 5.02 Å². The zero-order chi connectivity index (χ0) is 25.9. The molecule has 0 aliphatic carbocycles. The van der Waals surface area contributed by atoms with Crippen LogP contribution in [0.4, 0.5) is 15.8 Å². The van der Waals surface area contributed by atoms with Gasteiger partial charge in [-0.3, -0.25) is 14.3 Å². The molecule has 0 radical (unpaired) electrons. The van der Waals surface area contributed by atoms with Gasteiger partial charge in [0, 0.05) is 27.4 Å². The lowest BCUT2D eigenvalue weighted by molar-refractivity contribution is 0.102. The van der Waals surface area contributed by atoms with E-state index in [4.69, 9.17) is 23.2 Å². The standard InChI is InChI=1S/C26H17Cl2FN2O4S/c27-17-7-14-24(22(15-17)25(32)21-3-1-2-4-23(21)28)30-26(33)16-5-10-19(11-6-16)31-36(34,35)20-12-8-18(29)9-13-20/h1-15,31H,(H,30,33). The molecule has 182 valence electrons. The number of carbonyl (C=O) groups excluding carboxylic acids is 2. The molecule has 0 aliphatic rings. The van der Waals surface area contributed by atoms with E-state index in [0.717, 1.165) is 24.3 Å². The fourth-order valence-electron chi connectivity index (χ4n) is 3.32. The van der Waals surface area contributed by atoms with Crippen molar-refractivity contribution < 1.29 is 22.4 Å². The molecule has 0 aliphatic heterocycles. The second-order valence-corrected chi connectivity index (χ2v) is 10.1. The minimum absolute atomic E-state index is 0.107. The number of nitrogens with one attached hydrogen (secondary N) is 2. The molecule has 0 aromatic heterocycles. The molecular formula is C26H17Cl2FN2O4S. The Kier molecular flexibility index (Phi) is 7.40. The number of sulfonamides is 1. The summed E-state index contributed by atoms with van der Waals surface area (Å²) in [5.41, 5.74) is 1.07. The molecule has 0 saturated carbocycles. The minimum atomic E-state index is -3.94. The fourth-order valence-corrected chi connectivity index (χ4v) is 4.77. The molecule has 0 bridgehead atoms. The average molecular weight is 543 g/mol. The van der Waals surface area contributed by atoms with E-state index >= 15 is 0 Å². The van der Waals surface area contributed by atoms with Crippen molar-refractivity contribution in [3.63, 3.8) is 0 Å². The molecule has 36 heavy (non-hydrogen) atoms. The molecular weight excluding hydrogens is 526 g/mol. The molecule has 1 amide bonds. The highest BCUT2D eigenvalue weighted by Gasteiger charge is 2.19. The quantitative estimate of drug-likeness (QED) is 0.263. The normalized spacial score (nSPS) is 11.1. The van der Waals surface area contributed by atoms with Gasteiger partial charge in [0.1, 0.15) is 5.82 Å². The number of rotatable bonds is 7. The Bertz CT molecular complexity index is 1560. The van der Waals surface area contributed by atoms with Gasteiger partial charge in [0.15, 0.2) is 5.78 Å². The van der Waals surface area contributed by atoms with Crippen LogP contribution >= 0.6 is 23.2 Å². The summed E-state index contributed by atoms with van der Waals surface area (Å²) in [7, 11) is -3.94. The minimum Gasteiger partial charge on any atom is -0.321 e. The monoisotopic (exact) mass is 542 g/mol. The van der Waals surface area contributed by atoms with Crippen LogP contribution in [-0.4, -0.2) is 20.1 Å². The molecule has 0 unspecified atom stereocenters. The predicted molar refractivity (Wildman–Crippen MR) is 138 cm³/mol. The number of halogens is 3. The zero-order valence-electron chi connectivity index (χ0n) is 18.3. The third-order valence-corrected chi connectivity index (χ3v) is 7.08. The van der Waals surface area contributed by atoms with Crippen LogP contribution in [0.5, 0.6) is 0 Å². The van der Waals surface area contributed by atoms with Crippen LogP contribution in [0, 0.1) is 5.82 Å². The number of hydrogen-bond donors (Lipinski definition) is 2. The first-order valence-corrected chi connectivity index (χ1v) is 12.7. The molecule has 4 aromatic carbocycles. The Morgan fingerprint density at radius 3 is 2.11 bits per heavy atom. The van der Waals surface area contributed by atoms with E-state index in [1.165, 1.54) is 42.5 Å². The molecule has 0 saturated heterocycles. The fraction of sp³-hybridized carbons (Fsp3) is 0. The molecule has 4 rings (SSSR count). The van der Waals surface area contributed by atoms with Crippen LogP contribution in [0.1, 0.15) is 26.3 Å². The van der Waals surface area contributed by atoms with Gasteiger partial charge in [-0.1, -0.05) is 35.3 Å². The number of amides is 1. The van der Waals surface area contributed by atoms with Crippen LogP contribution in [-0.2, 0) is 10.0 Å². The van der Waals surface area contributed by atoms with Gasteiger partial charge in [0.05, 0.1) is 15.6 Å². The lowest BCUT2D eigenvalue weighted by Gasteiger charge is -2.13. The maximum atomic E-state index is 13.1. The van der Waals surface area contributed by atoms with Gasteiger partial charge in [-0.05, 0) is 78.9 Å². The van der Waals surface area contributed by atoms with Gasteiger partial charge >= 0.3 is 0 Å². The van der Waals surface area contributed by atoms with Crippen molar-refractivity contribution in [2.24, 2.45) is 0 Å². The first-order chi connectivity index (χ1) is 17.1. The van der Waals surface area contributed by atoms with Gasteiger partial charge in [-0.25, -0.2) is 12.8 Å². The van der Waals surface area contributed by atoms with Crippen LogP contribution in [0.15, 0.2) is 95.9 Å². The van der Waals surface area contributed by atoms with E-state index in [9.17, 15) is 22.4 Å². The second-order valence-electron chi connectivity index (χ2n) is 7.59. The number of ketones is 1. The zero-order valence-corrected chi connectivity index (χ0v) is 20.7. The van der Waals surface area contributed by atoms with Crippen LogP contribution < -0.4 is 10.0 Å². The number of benzene rings is 4. The second kappa shape index (κ2) is 10.5. The van der Waals surface area contributed by atoms with E-state index < -0.39 is 27.5 Å². The maximum Gasteiger partial charge on any atom is 0.261 e. The molecule has 10 heteroatoms. The van der Waals surface area contributed by atoms with Crippen molar-refractivity contribution in [3.05, 3.63) is 124 Å². The van der Waals surface area contributed by atoms with Crippen molar-refractivity contribution >= 4 is 56.3 Å². The number of hydrogen-bond acceptors (Lipinski definition) is 4. The summed E-state index contributed by atoms with van der Waals surface area (Å²) in [4.78, 5) is 25.9. The molecule has 0 atom stereocenters. The van der Waals surface area contributed by atoms with Crippen molar-refractivity contribution in [1.29, 1.82) is 0 Å². The smallest absolute Gasteiger partial charge is 0.261 e. The summed E-state index contributed by atoms with van der Waals surface area (Å²) in [5.74, 6) is -1.50. The van der Waals surface area contributed by atoms with Crippen molar-refractivity contribution in [2.45, 2.75) is 4.90 Å². The van der Waals surface area contributed by atoms with E-state index in [1.54, 1.807) is 24.3 Å². The lowest BCUT2D eigenvalue weighted by Crippen LogP contribution is -2.16. The summed E-state index contributed by atoms with van der Waals surface area (Å²) in [6.07, 6.45) is 0. The topological polar surface area (TPSA) is 92.3 Å². The first-order valence-electron chi connectivity index (χ1n) is 10.4. The molecule has 0 spiro atoms. The van der Waals surface area contributed by atoms with Gasteiger partial charge in [0.25, 0.3) is 15.9 Å². The Balaban J connectivity index is 1.53.